The first-order chi connectivity index (χ1) is 12.0. The zero-order chi connectivity index (χ0) is 18.2. The van der Waals surface area contributed by atoms with Crippen molar-refractivity contribution >= 4 is 11.9 Å². The van der Waals surface area contributed by atoms with E-state index >= 15 is 0 Å². The Hall–Kier alpha value is -2.08. The molecule has 1 fully saturated rings. The average molecular weight is 345 g/mol. The average Bonchev–Trinajstić information content (AvgIpc) is 2.60. The lowest BCUT2D eigenvalue weighted by molar-refractivity contribution is 0.100. The maximum absolute atomic E-state index is 11.1. The van der Waals surface area contributed by atoms with E-state index in [1.54, 1.807) is 12.1 Å². The second-order valence-electron chi connectivity index (χ2n) is 6.80. The lowest BCUT2D eigenvalue weighted by atomic mass is 10.0. The fraction of sp³-hybridized carbons (Fsp3) is 0.579. The van der Waals surface area contributed by atoms with Gasteiger partial charge in [-0.15, -0.1) is 0 Å². The molecule has 6 nitrogen and oxygen atoms in total. The van der Waals surface area contributed by atoms with Crippen LogP contribution in [0.2, 0.25) is 0 Å². The summed E-state index contributed by atoms with van der Waals surface area (Å²) in [5.41, 5.74) is 6.84. The Morgan fingerprint density at radius 1 is 1.28 bits per heavy atom. The van der Waals surface area contributed by atoms with Crippen LogP contribution in [0.5, 0.6) is 0 Å². The quantitative estimate of drug-likeness (QED) is 0.541. The molecule has 1 aliphatic rings. The summed E-state index contributed by atoms with van der Waals surface area (Å²) in [6.45, 7) is 10.2. The highest BCUT2D eigenvalue weighted by Gasteiger charge is 2.21. The highest BCUT2D eigenvalue weighted by atomic mass is 16.1. The molecule has 0 atom stereocenters. The van der Waals surface area contributed by atoms with Crippen LogP contribution in [-0.4, -0.2) is 48.5 Å². The molecule has 1 aromatic rings. The van der Waals surface area contributed by atoms with Gasteiger partial charge in [-0.1, -0.05) is 12.1 Å². The molecule has 1 heterocycles. The molecule has 25 heavy (non-hydrogen) atoms. The minimum atomic E-state index is -0.405. The highest BCUT2D eigenvalue weighted by molar-refractivity contribution is 5.92. The molecule has 1 amide bonds. The van der Waals surface area contributed by atoms with Crippen molar-refractivity contribution in [2.75, 3.05) is 19.6 Å². The topological polar surface area (TPSA) is 82.7 Å². The van der Waals surface area contributed by atoms with E-state index in [-0.39, 0.29) is 0 Å². The Kier molecular flexibility index (Phi) is 7.25. The molecule has 4 N–H and O–H groups in total. The summed E-state index contributed by atoms with van der Waals surface area (Å²) in [6, 6.07) is 8.36. The number of hydrogen-bond acceptors (Lipinski definition) is 3. The first kappa shape index (κ1) is 19.2. The van der Waals surface area contributed by atoms with Crippen LogP contribution in [0, 0.1) is 0 Å². The first-order valence-electron chi connectivity index (χ1n) is 9.17. The van der Waals surface area contributed by atoms with Gasteiger partial charge in [0.05, 0.1) is 6.54 Å². The van der Waals surface area contributed by atoms with Crippen LogP contribution in [0.25, 0.3) is 0 Å². The van der Waals surface area contributed by atoms with Gasteiger partial charge in [-0.25, -0.2) is 4.99 Å². The third-order valence-electron chi connectivity index (χ3n) is 4.60. The number of primary amides is 1. The molecule has 0 aliphatic carbocycles. The van der Waals surface area contributed by atoms with E-state index in [1.165, 1.54) is 0 Å². The zero-order valence-electron chi connectivity index (χ0n) is 15.6. The van der Waals surface area contributed by atoms with E-state index in [4.69, 9.17) is 5.73 Å². The molecule has 6 heteroatoms. The smallest absolute Gasteiger partial charge is 0.248 e. The fourth-order valence-electron chi connectivity index (χ4n) is 3.02. The molecule has 0 spiro atoms. The van der Waals surface area contributed by atoms with Gasteiger partial charge in [0.1, 0.15) is 0 Å². The maximum atomic E-state index is 11.1. The van der Waals surface area contributed by atoms with Gasteiger partial charge in [0.25, 0.3) is 0 Å². The molecule has 2 rings (SSSR count). The second-order valence-corrected chi connectivity index (χ2v) is 6.80. The third kappa shape index (κ3) is 6.05. The normalized spacial score (nSPS) is 16.9. The number of rotatable bonds is 6. The molecule has 0 radical (unpaired) electrons. The summed E-state index contributed by atoms with van der Waals surface area (Å²) >= 11 is 0. The Labute approximate surface area is 150 Å². The third-order valence-corrected chi connectivity index (χ3v) is 4.60. The van der Waals surface area contributed by atoms with Crippen LogP contribution >= 0.6 is 0 Å². The summed E-state index contributed by atoms with van der Waals surface area (Å²) in [5, 5.41) is 6.87. The minimum Gasteiger partial charge on any atom is -0.366 e. The molecule has 0 bridgehead atoms. The molecule has 0 aromatic heterocycles. The van der Waals surface area contributed by atoms with Crippen LogP contribution in [0.4, 0.5) is 0 Å². The number of hydrogen-bond donors (Lipinski definition) is 3. The first-order valence-corrected chi connectivity index (χ1v) is 9.17. The highest BCUT2D eigenvalue weighted by Crippen LogP contribution is 2.13. The van der Waals surface area contributed by atoms with Gasteiger partial charge in [-0.3, -0.25) is 4.79 Å². The fourth-order valence-corrected chi connectivity index (χ4v) is 3.02. The van der Waals surface area contributed by atoms with Crippen molar-refractivity contribution in [3.63, 3.8) is 0 Å². The SMILES string of the molecule is CCNC(=NCc1ccc(C(N)=O)cc1)NC1CCN(C(C)C)CC1. The molecule has 138 valence electrons. The van der Waals surface area contributed by atoms with E-state index in [9.17, 15) is 4.79 Å². The Morgan fingerprint density at radius 2 is 1.92 bits per heavy atom. The summed E-state index contributed by atoms with van der Waals surface area (Å²) in [7, 11) is 0. The number of carbonyl (C=O) groups is 1. The van der Waals surface area contributed by atoms with Gasteiger partial charge in [0.15, 0.2) is 5.96 Å². The summed E-state index contributed by atoms with van der Waals surface area (Å²) < 4.78 is 0. The van der Waals surface area contributed by atoms with Crippen molar-refractivity contribution in [3.8, 4) is 0 Å². The Morgan fingerprint density at radius 3 is 2.44 bits per heavy atom. The van der Waals surface area contributed by atoms with Crippen molar-refractivity contribution in [1.82, 2.24) is 15.5 Å². The maximum Gasteiger partial charge on any atom is 0.248 e. The van der Waals surface area contributed by atoms with Crippen LogP contribution in [0.1, 0.15) is 49.5 Å². The molecule has 1 aliphatic heterocycles. The van der Waals surface area contributed by atoms with Gasteiger partial charge in [-0.2, -0.15) is 0 Å². The van der Waals surface area contributed by atoms with Crippen LogP contribution in [0.3, 0.4) is 0 Å². The Bertz CT molecular complexity index is 574. The number of nitrogens with one attached hydrogen (secondary N) is 2. The number of nitrogens with zero attached hydrogens (tertiary/aromatic N) is 2. The second kappa shape index (κ2) is 9.42. The van der Waals surface area contributed by atoms with Crippen molar-refractivity contribution in [1.29, 1.82) is 0 Å². The number of benzene rings is 1. The van der Waals surface area contributed by atoms with E-state index in [0.717, 1.165) is 44.0 Å². The number of likely N-dealkylation sites (tertiary alicyclic amines) is 1. The van der Waals surface area contributed by atoms with E-state index in [1.807, 2.05) is 12.1 Å². The van der Waals surface area contributed by atoms with Crippen molar-refractivity contribution < 1.29 is 4.79 Å². The van der Waals surface area contributed by atoms with Gasteiger partial charge in [0, 0.05) is 37.3 Å². The molecule has 0 unspecified atom stereocenters. The predicted octanol–water partition coefficient (Wildman–Crippen LogP) is 1.71. The van der Waals surface area contributed by atoms with E-state index in [2.05, 4.69) is 41.3 Å². The van der Waals surface area contributed by atoms with Gasteiger partial charge in [-0.05, 0) is 51.3 Å². The van der Waals surface area contributed by atoms with Crippen LogP contribution in [0.15, 0.2) is 29.3 Å². The van der Waals surface area contributed by atoms with Gasteiger partial charge < -0.3 is 21.3 Å². The van der Waals surface area contributed by atoms with Crippen molar-refractivity contribution in [2.24, 2.45) is 10.7 Å². The predicted molar refractivity (Wildman–Crippen MR) is 103 cm³/mol. The largest absolute Gasteiger partial charge is 0.366 e. The molecule has 1 aromatic carbocycles. The Balaban J connectivity index is 1.91. The van der Waals surface area contributed by atoms with Crippen LogP contribution < -0.4 is 16.4 Å². The van der Waals surface area contributed by atoms with Crippen molar-refractivity contribution in [2.45, 2.75) is 52.2 Å². The van der Waals surface area contributed by atoms with E-state index < -0.39 is 5.91 Å². The van der Waals surface area contributed by atoms with Gasteiger partial charge in [0.2, 0.25) is 5.91 Å². The van der Waals surface area contributed by atoms with Crippen molar-refractivity contribution in [3.05, 3.63) is 35.4 Å². The standard InChI is InChI=1S/C19H31N5O/c1-4-21-19(23-17-9-11-24(12-10-17)14(2)3)22-13-15-5-7-16(8-6-15)18(20)25/h5-8,14,17H,4,9-13H2,1-3H3,(H2,20,25)(H2,21,22,23). The number of nitrogens with two attached hydrogens (primary N) is 1. The summed E-state index contributed by atoms with van der Waals surface area (Å²) in [5.74, 6) is 0.447. The lowest BCUT2D eigenvalue weighted by Crippen LogP contribution is -2.49. The number of amides is 1. The van der Waals surface area contributed by atoms with Crippen LogP contribution in [-0.2, 0) is 6.54 Å². The number of piperidine rings is 1. The van der Waals surface area contributed by atoms with E-state index in [0.29, 0.717) is 24.2 Å². The molecular formula is C19H31N5O. The number of guanidine groups is 1. The lowest BCUT2D eigenvalue weighted by Gasteiger charge is -2.35. The molecule has 0 saturated carbocycles. The molecule has 1 saturated heterocycles. The summed E-state index contributed by atoms with van der Waals surface area (Å²) in [6.07, 6.45) is 2.27. The van der Waals surface area contributed by atoms with Gasteiger partial charge >= 0.3 is 0 Å². The number of aliphatic imine (C=N–C) groups is 1. The summed E-state index contributed by atoms with van der Waals surface area (Å²) in [4.78, 5) is 18.3. The monoisotopic (exact) mass is 345 g/mol. The number of carbonyl (C=O) groups excluding carboxylic acids is 1. The minimum absolute atomic E-state index is 0.405. The zero-order valence-corrected chi connectivity index (χ0v) is 15.6. The molecular weight excluding hydrogens is 314 g/mol.